The van der Waals surface area contributed by atoms with Crippen LogP contribution in [-0.4, -0.2) is 26.0 Å². The molecule has 0 fully saturated rings. The van der Waals surface area contributed by atoms with Gasteiger partial charge < -0.3 is 4.74 Å². The van der Waals surface area contributed by atoms with Crippen molar-refractivity contribution < 1.29 is 18.3 Å². The van der Waals surface area contributed by atoms with Crippen molar-refractivity contribution in [3.05, 3.63) is 116 Å². The van der Waals surface area contributed by atoms with Crippen molar-refractivity contribution in [1.82, 2.24) is 14.3 Å². The first-order chi connectivity index (χ1) is 18.5. The van der Waals surface area contributed by atoms with Crippen molar-refractivity contribution in [3.8, 4) is 11.3 Å². The van der Waals surface area contributed by atoms with Gasteiger partial charge in [0, 0.05) is 23.4 Å². The molecule has 0 aliphatic rings. The van der Waals surface area contributed by atoms with Gasteiger partial charge in [-0.3, -0.25) is 14.7 Å². The molecule has 0 atom stereocenters. The predicted molar refractivity (Wildman–Crippen MR) is 144 cm³/mol. The highest BCUT2D eigenvalue weighted by Gasteiger charge is 2.20. The van der Waals surface area contributed by atoms with Crippen molar-refractivity contribution in [3.63, 3.8) is 0 Å². The Balaban J connectivity index is 1.72. The maximum absolute atomic E-state index is 14.4. The zero-order valence-corrected chi connectivity index (χ0v) is 21.8. The van der Waals surface area contributed by atoms with E-state index < -0.39 is 41.1 Å². The van der Waals surface area contributed by atoms with Crippen LogP contribution in [0.4, 0.5) is 19.3 Å². The highest BCUT2D eigenvalue weighted by atomic mass is 19.1. The first-order valence-corrected chi connectivity index (χ1v) is 12.3. The fraction of sp³-hybridized carbons (Fsp3) is 0.241. The van der Waals surface area contributed by atoms with Gasteiger partial charge in [-0.2, -0.15) is 5.10 Å². The molecule has 1 heterocycles. The molecule has 1 N–H and O–H groups in total. The number of nitrogens with zero attached hydrogens (tertiary/aromatic N) is 3. The number of amides is 1. The van der Waals surface area contributed by atoms with E-state index in [0.717, 1.165) is 21.4 Å². The number of hydrogen-bond donors (Lipinski definition) is 1. The van der Waals surface area contributed by atoms with E-state index in [4.69, 9.17) is 4.74 Å². The molecule has 202 valence electrons. The summed E-state index contributed by atoms with van der Waals surface area (Å²) in [5, 5.41) is 6.89. The van der Waals surface area contributed by atoms with Crippen LogP contribution in [0, 0.1) is 11.6 Å². The second-order valence-corrected chi connectivity index (χ2v) is 9.85. The van der Waals surface area contributed by atoms with Gasteiger partial charge >= 0.3 is 11.8 Å². The zero-order chi connectivity index (χ0) is 28.2. The maximum atomic E-state index is 14.4. The number of para-hydroxylation sites is 1. The second kappa shape index (κ2) is 11.4. The molecule has 0 radical (unpaired) electrons. The van der Waals surface area contributed by atoms with Gasteiger partial charge in [-0.15, -0.1) is 0 Å². The van der Waals surface area contributed by atoms with Gasteiger partial charge in [-0.05, 0) is 51.0 Å². The Morgan fingerprint density at radius 1 is 0.923 bits per heavy atom. The summed E-state index contributed by atoms with van der Waals surface area (Å²) in [5.74, 6) is -1.66. The monoisotopic (exact) mass is 534 g/mol. The van der Waals surface area contributed by atoms with Gasteiger partial charge in [0.25, 0.3) is 5.56 Å². The lowest BCUT2D eigenvalue weighted by molar-refractivity contribution is 0.0635. The maximum Gasteiger partial charge on any atom is 0.412 e. The number of hydrogen-bond acceptors (Lipinski definition) is 5. The summed E-state index contributed by atoms with van der Waals surface area (Å²) in [6.45, 7) is 4.66. The van der Waals surface area contributed by atoms with Crippen LogP contribution in [0.1, 0.15) is 31.9 Å². The molecule has 0 unspecified atom stereocenters. The van der Waals surface area contributed by atoms with E-state index in [2.05, 4.69) is 10.4 Å². The number of aromatic nitrogens is 3. The summed E-state index contributed by atoms with van der Waals surface area (Å²) in [6, 6.07) is 18.9. The van der Waals surface area contributed by atoms with Crippen LogP contribution in [0.25, 0.3) is 11.3 Å². The Morgan fingerprint density at radius 2 is 1.56 bits per heavy atom. The molecule has 4 rings (SSSR count). The summed E-state index contributed by atoms with van der Waals surface area (Å²) >= 11 is 0. The number of anilines is 1. The number of benzene rings is 3. The SMILES string of the molecule is CC(C)(C)OC(=O)Nc1ccccc1CCn1c(=O)c(-c2ccccc2)nn(Cc2c(F)cccc2F)c1=O. The van der Waals surface area contributed by atoms with Crippen molar-refractivity contribution in [2.45, 2.75) is 45.9 Å². The molecule has 3 aromatic carbocycles. The first-order valence-electron chi connectivity index (χ1n) is 12.3. The van der Waals surface area contributed by atoms with Gasteiger partial charge in [-0.1, -0.05) is 54.6 Å². The Morgan fingerprint density at radius 3 is 2.23 bits per heavy atom. The van der Waals surface area contributed by atoms with Crippen molar-refractivity contribution in [2.24, 2.45) is 0 Å². The van der Waals surface area contributed by atoms with E-state index in [-0.39, 0.29) is 24.2 Å². The number of nitrogens with one attached hydrogen (secondary N) is 1. The van der Waals surface area contributed by atoms with Crippen LogP contribution >= 0.6 is 0 Å². The molecule has 0 saturated carbocycles. The Bertz CT molecular complexity index is 1590. The second-order valence-electron chi connectivity index (χ2n) is 9.85. The lowest BCUT2D eigenvalue weighted by Crippen LogP contribution is -2.43. The first kappa shape index (κ1) is 27.4. The van der Waals surface area contributed by atoms with Gasteiger partial charge in [-0.25, -0.2) is 23.1 Å². The lowest BCUT2D eigenvalue weighted by Gasteiger charge is -2.20. The van der Waals surface area contributed by atoms with Gasteiger partial charge in [0.15, 0.2) is 5.69 Å². The van der Waals surface area contributed by atoms with Crippen molar-refractivity contribution in [2.75, 3.05) is 5.32 Å². The van der Waals surface area contributed by atoms with Crippen LogP contribution in [0.2, 0.25) is 0 Å². The molecule has 1 amide bonds. The molecule has 4 aromatic rings. The quantitative estimate of drug-likeness (QED) is 0.361. The molecule has 1 aromatic heterocycles. The summed E-state index contributed by atoms with van der Waals surface area (Å²) in [5.41, 5.74) is -0.972. The zero-order valence-electron chi connectivity index (χ0n) is 21.8. The Labute approximate surface area is 223 Å². The average Bonchev–Trinajstić information content (AvgIpc) is 2.87. The summed E-state index contributed by atoms with van der Waals surface area (Å²) in [7, 11) is 0. The fourth-order valence-corrected chi connectivity index (χ4v) is 3.98. The van der Waals surface area contributed by atoms with Crippen LogP contribution in [0.5, 0.6) is 0 Å². The Hall–Kier alpha value is -4.60. The van der Waals surface area contributed by atoms with Gasteiger partial charge in [0.1, 0.15) is 17.2 Å². The normalized spacial score (nSPS) is 11.3. The molecule has 39 heavy (non-hydrogen) atoms. The minimum absolute atomic E-state index is 0.0351. The molecular formula is C29H28F2N4O4. The van der Waals surface area contributed by atoms with Crippen LogP contribution in [-0.2, 0) is 24.2 Å². The van der Waals surface area contributed by atoms with Crippen molar-refractivity contribution >= 4 is 11.8 Å². The highest BCUT2D eigenvalue weighted by molar-refractivity contribution is 5.85. The number of carbonyl (C=O) groups excluding carboxylic acids is 1. The molecule has 10 heteroatoms. The molecule has 0 aliphatic heterocycles. The number of rotatable bonds is 7. The number of aryl methyl sites for hydroxylation is 1. The smallest absolute Gasteiger partial charge is 0.412 e. The topological polar surface area (TPSA) is 95.2 Å². The third-order valence-electron chi connectivity index (χ3n) is 5.79. The third-order valence-corrected chi connectivity index (χ3v) is 5.79. The molecule has 0 aliphatic carbocycles. The summed E-state index contributed by atoms with van der Waals surface area (Å²) in [6.07, 6.45) is -0.454. The van der Waals surface area contributed by atoms with E-state index in [0.29, 0.717) is 16.8 Å². The molecule has 0 saturated heterocycles. The third kappa shape index (κ3) is 6.64. The minimum Gasteiger partial charge on any atom is -0.444 e. The van der Waals surface area contributed by atoms with Gasteiger partial charge in [0.2, 0.25) is 0 Å². The van der Waals surface area contributed by atoms with Crippen molar-refractivity contribution in [1.29, 1.82) is 0 Å². The van der Waals surface area contributed by atoms with Crippen LogP contribution in [0.3, 0.4) is 0 Å². The lowest BCUT2D eigenvalue weighted by atomic mass is 10.1. The van der Waals surface area contributed by atoms with Crippen LogP contribution < -0.4 is 16.6 Å². The number of halogens is 2. The summed E-state index contributed by atoms with van der Waals surface area (Å²) < 4.78 is 36.0. The summed E-state index contributed by atoms with van der Waals surface area (Å²) in [4.78, 5) is 39.1. The van der Waals surface area contributed by atoms with Crippen LogP contribution in [0.15, 0.2) is 82.4 Å². The minimum atomic E-state index is -0.829. The molecular weight excluding hydrogens is 506 g/mol. The van der Waals surface area contributed by atoms with E-state index in [1.807, 2.05) is 0 Å². The Kier molecular flexibility index (Phi) is 8.04. The number of ether oxygens (including phenoxy) is 1. The largest absolute Gasteiger partial charge is 0.444 e. The number of carbonyl (C=O) groups is 1. The van der Waals surface area contributed by atoms with E-state index in [1.54, 1.807) is 75.4 Å². The average molecular weight is 535 g/mol. The molecule has 8 nitrogen and oxygen atoms in total. The standard InChI is InChI=1S/C29H28F2N4O4/c1-29(2,3)39-27(37)32-24-15-8-7-10-19(24)16-17-34-26(36)25(20-11-5-4-6-12-20)33-35(28(34)38)18-21-22(30)13-9-14-23(21)31/h4-15H,16-18H2,1-3H3,(H,32,37). The predicted octanol–water partition coefficient (Wildman–Crippen LogP) is 4.99. The molecule has 0 bridgehead atoms. The molecule has 0 spiro atoms. The fourth-order valence-electron chi connectivity index (χ4n) is 3.98. The van der Waals surface area contributed by atoms with E-state index >= 15 is 0 Å². The van der Waals surface area contributed by atoms with E-state index in [9.17, 15) is 23.2 Å². The highest BCUT2D eigenvalue weighted by Crippen LogP contribution is 2.19. The van der Waals surface area contributed by atoms with Gasteiger partial charge in [0.05, 0.1) is 6.54 Å². The van der Waals surface area contributed by atoms with E-state index in [1.165, 1.54) is 6.07 Å².